The molecule has 4 rings (SSSR count). The first kappa shape index (κ1) is 36.2. The van der Waals surface area contributed by atoms with Gasteiger partial charge in [-0.25, -0.2) is 8.78 Å². The fraction of sp³-hybridized carbons (Fsp3) is 0.333. The Bertz CT molecular complexity index is 1490. The van der Waals surface area contributed by atoms with Gasteiger partial charge in [-0.15, -0.1) is 0 Å². The van der Waals surface area contributed by atoms with E-state index in [0.717, 1.165) is 23.5 Å². The summed E-state index contributed by atoms with van der Waals surface area (Å²) in [6.45, 7) is 0.705. The lowest BCUT2D eigenvalue weighted by Crippen LogP contribution is -2.31. The summed E-state index contributed by atoms with van der Waals surface area (Å²) in [7, 11) is 0. The molecule has 0 atom stereocenters. The van der Waals surface area contributed by atoms with E-state index >= 15 is 0 Å². The van der Waals surface area contributed by atoms with Crippen LogP contribution in [-0.4, -0.2) is 55.2 Å². The third-order valence-electron chi connectivity index (χ3n) is 6.88. The smallest absolute Gasteiger partial charge is 0.267 e. The number of halogens is 4. The molecular formula is C30H28Cl2F2N4O4S4. The molecule has 0 aliphatic carbocycles. The number of nitrogens with zero attached hydrogens (tertiary/aromatic N) is 2. The minimum absolute atomic E-state index is 0.0745. The van der Waals surface area contributed by atoms with E-state index in [4.69, 9.17) is 47.6 Å². The third-order valence-corrected chi connectivity index (χ3v) is 10.5. The molecule has 8 nitrogen and oxygen atoms in total. The van der Waals surface area contributed by atoms with E-state index < -0.39 is 11.6 Å². The zero-order valence-electron chi connectivity index (χ0n) is 24.2. The second kappa shape index (κ2) is 17.0. The molecule has 0 aromatic heterocycles. The van der Waals surface area contributed by atoms with E-state index in [0.29, 0.717) is 71.6 Å². The fourth-order valence-electron chi connectivity index (χ4n) is 4.51. The summed E-state index contributed by atoms with van der Waals surface area (Å²) in [6, 6.07) is 7.92. The lowest BCUT2D eigenvalue weighted by Gasteiger charge is -2.14. The predicted octanol–water partition coefficient (Wildman–Crippen LogP) is 7.90. The summed E-state index contributed by atoms with van der Waals surface area (Å²) < 4.78 is 27.3. The quantitative estimate of drug-likeness (QED) is 0.115. The highest BCUT2D eigenvalue weighted by molar-refractivity contribution is 8.29. The number of thiocarbonyl (C=S) groups is 2. The Balaban J connectivity index is 1.17. The number of carbonyl (C=O) groups is 4. The van der Waals surface area contributed by atoms with E-state index in [1.165, 1.54) is 46.2 Å². The van der Waals surface area contributed by atoms with Crippen molar-refractivity contribution in [2.45, 2.75) is 51.4 Å². The van der Waals surface area contributed by atoms with Crippen LogP contribution in [0.25, 0.3) is 0 Å². The van der Waals surface area contributed by atoms with Gasteiger partial charge in [-0.2, -0.15) is 0 Å². The monoisotopic (exact) mass is 744 g/mol. The van der Waals surface area contributed by atoms with Gasteiger partial charge in [-0.05, 0) is 62.1 Å². The topological polar surface area (TPSA) is 98.8 Å². The summed E-state index contributed by atoms with van der Waals surface area (Å²) in [4.78, 5) is 54.2. The van der Waals surface area contributed by atoms with Gasteiger partial charge in [-0.1, -0.05) is 84.0 Å². The summed E-state index contributed by atoms with van der Waals surface area (Å²) in [5.74, 6) is -2.26. The van der Waals surface area contributed by atoms with E-state index in [2.05, 4.69) is 10.6 Å². The molecule has 2 fully saturated rings. The fourth-order valence-corrected chi connectivity index (χ4v) is 7.65. The highest BCUT2D eigenvalue weighted by atomic mass is 35.5. The lowest BCUT2D eigenvalue weighted by atomic mass is 10.1. The zero-order valence-corrected chi connectivity index (χ0v) is 29.0. The van der Waals surface area contributed by atoms with Crippen LogP contribution in [0.2, 0.25) is 10.0 Å². The molecule has 2 aromatic carbocycles. The number of rotatable bonds is 14. The molecule has 0 spiro atoms. The SMILES string of the molecule is O=C(CCCCCN1C(=O)/C(=C2\SC(=S)N(CCCCCC(=O)Nc3ccc(F)c(Cl)c3)C2=O)SC1=S)Nc1ccc(F)c(Cl)c1. The number of thioether (sulfide) groups is 2. The second-order valence-electron chi connectivity index (χ2n) is 10.3. The van der Waals surface area contributed by atoms with E-state index in [1.54, 1.807) is 0 Å². The number of hydrogen-bond acceptors (Lipinski definition) is 8. The van der Waals surface area contributed by atoms with Crippen LogP contribution < -0.4 is 10.6 Å². The van der Waals surface area contributed by atoms with Gasteiger partial charge in [0.05, 0.1) is 19.9 Å². The maximum absolute atomic E-state index is 13.3. The maximum atomic E-state index is 13.3. The molecule has 0 radical (unpaired) electrons. The second-order valence-corrected chi connectivity index (χ2v) is 14.4. The molecule has 0 bridgehead atoms. The van der Waals surface area contributed by atoms with E-state index in [1.807, 2.05) is 0 Å². The van der Waals surface area contributed by atoms with Crippen molar-refractivity contribution in [1.29, 1.82) is 0 Å². The van der Waals surface area contributed by atoms with Crippen LogP contribution in [0.5, 0.6) is 0 Å². The summed E-state index contributed by atoms with van der Waals surface area (Å²) in [5.41, 5.74) is 0.824. The molecule has 244 valence electrons. The van der Waals surface area contributed by atoms with Crippen molar-refractivity contribution < 1.29 is 28.0 Å². The van der Waals surface area contributed by atoms with Gasteiger partial charge in [0.25, 0.3) is 11.8 Å². The average Bonchev–Trinajstić information content (AvgIpc) is 3.44. The van der Waals surface area contributed by atoms with Crippen LogP contribution in [0.4, 0.5) is 20.2 Å². The number of unbranched alkanes of at least 4 members (excludes halogenated alkanes) is 4. The van der Waals surface area contributed by atoms with Crippen molar-refractivity contribution in [3.63, 3.8) is 0 Å². The van der Waals surface area contributed by atoms with Gasteiger partial charge in [0.1, 0.15) is 20.3 Å². The lowest BCUT2D eigenvalue weighted by molar-refractivity contribution is -0.124. The maximum Gasteiger partial charge on any atom is 0.267 e. The number of amides is 4. The van der Waals surface area contributed by atoms with Gasteiger partial charge in [0.15, 0.2) is 0 Å². The Kier molecular flexibility index (Phi) is 13.4. The van der Waals surface area contributed by atoms with Crippen LogP contribution in [0, 0.1) is 11.6 Å². The van der Waals surface area contributed by atoms with Crippen molar-refractivity contribution >= 4 is 115 Å². The van der Waals surface area contributed by atoms with Gasteiger partial charge < -0.3 is 10.6 Å². The molecule has 16 heteroatoms. The molecule has 2 aliphatic rings. The molecule has 2 saturated heterocycles. The van der Waals surface area contributed by atoms with E-state index in [-0.39, 0.29) is 56.3 Å². The standard InChI is InChI=1S/C30H28Cl2F2N4O4S4/c31-19-15-17(9-11-21(19)33)35-23(39)7-3-1-5-13-37-27(41)25(45-29(37)43)26-28(42)38(30(44)46-26)14-6-2-4-8-24(40)36-18-10-12-22(34)20(32)16-18/h9-12,15-16H,1-8,13-14H2,(H,35,39)(H,36,40)/b26-25+. The average molecular weight is 746 g/mol. The molecule has 2 aromatic rings. The largest absolute Gasteiger partial charge is 0.326 e. The first-order valence-electron chi connectivity index (χ1n) is 14.3. The molecule has 0 unspecified atom stereocenters. The van der Waals surface area contributed by atoms with Gasteiger partial charge in [0.2, 0.25) is 11.8 Å². The number of benzene rings is 2. The Hall–Kier alpha value is -2.62. The Morgan fingerprint density at radius 2 is 1.07 bits per heavy atom. The van der Waals surface area contributed by atoms with E-state index in [9.17, 15) is 28.0 Å². The number of nitrogens with one attached hydrogen (secondary N) is 2. The first-order chi connectivity index (χ1) is 21.9. The van der Waals surface area contributed by atoms with Gasteiger partial charge in [-0.3, -0.25) is 29.0 Å². The Morgan fingerprint density at radius 3 is 1.43 bits per heavy atom. The van der Waals surface area contributed by atoms with Crippen molar-refractivity contribution in [2.24, 2.45) is 0 Å². The number of carbonyl (C=O) groups excluding carboxylic acids is 4. The minimum Gasteiger partial charge on any atom is -0.326 e. The van der Waals surface area contributed by atoms with Gasteiger partial charge >= 0.3 is 0 Å². The Labute approximate surface area is 294 Å². The first-order valence-corrected chi connectivity index (χ1v) is 17.5. The number of hydrogen-bond donors (Lipinski definition) is 2. The zero-order chi connectivity index (χ0) is 33.4. The highest BCUT2D eigenvalue weighted by Gasteiger charge is 2.41. The van der Waals surface area contributed by atoms with Crippen molar-refractivity contribution in [2.75, 3.05) is 23.7 Å². The van der Waals surface area contributed by atoms with Crippen molar-refractivity contribution in [1.82, 2.24) is 9.80 Å². The predicted molar refractivity (Wildman–Crippen MR) is 188 cm³/mol. The molecule has 2 N–H and O–H groups in total. The summed E-state index contributed by atoms with van der Waals surface area (Å²) >= 11 is 24.5. The van der Waals surface area contributed by atoms with Crippen molar-refractivity contribution in [3.8, 4) is 0 Å². The minimum atomic E-state index is -0.564. The molecule has 4 amide bonds. The van der Waals surface area contributed by atoms with Crippen LogP contribution in [0.3, 0.4) is 0 Å². The highest BCUT2D eigenvalue weighted by Crippen LogP contribution is 2.42. The molecule has 46 heavy (non-hydrogen) atoms. The Morgan fingerprint density at radius 1 is 0.674 bits per heavy atom. The van der Waals surface area contributed by atoms with Crippen LogP contribution in [0.1, 0.15) is 51.4 Å². The van der Waals surface area contributed by atoms with Gasteiger partial charge in [0, 0.05) is 37.3 Å². The van der Waals surface area contributed by atoms with Crippen LogP contribution >= 0.6 is 71.2 Å². The molecule has 2 heterocycles. The molecule has 0 saturated carbocycles. The van der Waals surface area contributed by atoms with Crippen LogP contribution in [0.15, 0.2) is 46.2 Å². The molecular weight excluding hydrogens is 718 g/mol. The summed E-state index contributed by atoms with van der Waals surface area (Å²) in [6.07, 6.45) is 4.16. The normalized spacial score (nSPS) is 16.5. The third kappa shape index (κ3) is 9.71. The summed E-state index contributed by atoms with van der Waals surface area (Å²) in [5, 5.41) is 5.20. The van der Waals surface area contributed by atoms with Crippen molar-refractivity contribution in [3.05, 3.63) is 67.9 Å². The van der Waals surface area contributed by atoms with Crippen LogP contribution in [-0.2, 0) is 19.2 Å². The number of anilines is 2. The molecule has 2 aliphatic heterocycles.